The van der Waals surface area contributed by atoms with Gasteiger partial charge < -0.3 is 9.47 Å². The summed E-state index contributed by atoms with van der Waals surface area (Å²) >= 11 is 0. The summed E-state index contributed by atoms with van der Waals surface area (Å²) in [4.78, 5) is 2.19. The number of ether oxygens (including phenoxy) is 2. The van der Waals surface area contributed by atoms with Crippen LogP contribution in [-0.4, -0.2) is 32.2 Å². The highest BCUT2D eigenvalue weighted by Crippen LogP contribution is 2.35. The van der Waals surface area contributed by atoms with E-state index in [0.717, 1.165) is 17.1 Å². The Hall–Kier alpha value is -1.73. The van der Waals surface area contributed by atoms with Crippen molar-refractivity contribution in [3.8, 4) is 17.6 Å². The van der Waals surface area contributed by atoms with Crippen LogP contribution in [0.1, 0.15) is 43.7 Å². The number of benzene rings is 1. The van der Waals surface area contributed by atoms with E-state index in [1.807, 2.05) is 25.2 Å². The van der Waals surface area contributed by atoms with Gasteiger partial charge in [0.1, 0.15) is 17.5 Å². The van der Waals surface area contributed by atoms with Crippen LogP contribution in [0.3, 0.4) is 0 Å². The first-order valence-corrected chi connectivity index (χ1v) is 7.54. The van der Waals surface area contributed by atoms with Gasteiger partial charge in [0, 0.05) is 11.6 Å². The molecule has 0 spiro atoms. The SMILES string of the molecule is COc1ccc(OC)c(C(C#N)N(C)C2CCCCC2)c1. The maximum absolute atomic E-state index is 9.68. The van der Waals surface area contributed by atoms with Crippen molar-refractivity contribution in [2.45, 2.75) is 44.2 Å². The molecule has 0 radical (unpaired) electrons. The lowest BCUT2D eigenvalue weighted by atomic mass is 9.92. The molecule has 114 valence electrons. The molecule has 0 aromatic heterocycles. The van der Waals surface area contributed by atoms with E-state index in [4.69, 9.17) is 9.47 Å². The minimum atomic E-state index is -0.307. The number of nitriles is 1. The van der Waals surface area contributed by atoms with Gasteiger partial charge in [0.2, 0.25) is 0 Å². The topological polar surface area (TPSA) is 45.5 Å². The van der Waals surface area contributed by atoms with E-state index < -0.39 is 0 Å². The Balaban J connectivity index is 2.29. The molecule has 1 aliphatic rings. The summed E-state index contributed by atoms with van der Waals surface area (Å²) in [6, 6.07) is 8.23. The highest BCUT2D eigenvalue weighted by Gasteiger charge is 2.27. The third-order valence-electron chi connectivity index (χ3n) is 4.41. The number of methoxy groups -OCH3 is 2. The van der Waals surface area contributed by atoms with Crippen LogP contribution in [0, 0.1) is 11.3 Å². The number of nitrogens with zero attached hydrogens (tertiary/aromatic N) is 2. The van der Waals surface area contributed by atoms with Gasteiger partial charge >= 0.3 is 0 Å². The van der Waals surface area contributed by atoms with E-state index in [0.29, 0.717) is 6.04 Å². The minimum absolute atomic E-state index is 0.307. The molecule has 0 heterocycles. The van der Waals surface area contributed by atoms with E-state index in [1.165, 1.54) is 32.1 Å². The summed E-state index contributed by atoms with van der Waals surface area (Å²) in [5.74, 6) is 1.49. The Bertz CT molecular complexity index is 504. The molecule has 21 heavy (non-hydrogen) atoms. The fourth-order valence-corrected chi connectivity index (χ4v) is 3.13. The highest BCUT2D eigenvalue weighted by atomic mass is 16.5. The lowest BCUT2D eigenvalue weighted by molar-refractivity contribution is 0.162. The van der Waals surface area contributed by atoms with Crippen molar-refractivity contribution >= 4 is 0 Å². The minimum Gasteiger partial charge on any atom is -0.497 e. The average molecular weight is 288 g/mol. The fourth-order valence-electron chi connectivity index (χ4n) is 3.13. The molecule has 4 heteroatoms. The summed E-state index contributed by atoms with van der Waals surface area (Å²) < 4.78 is 10.7. The van der Waals surface area contributed by atoms with Gasteiger partial charge in [0.15, 0.2) is 0 Å². The molecule has 1 atom stereocenters. The first-order chi connectivity index (χ1) is 10.2. The zero-order valence-electron chi connectivity index (χ0n) is 13.1. The molecule has 1 unspecified atom stereocenters. The molecular formula is C17H24N2O2. The average Bonchev–Trinajstić information content (AvgIpc) is 2.56. The summed E-state index contributed by atoms with van der Waals surface area (Å²) in [6.07, 6.45) is 6.15. The van der Waals surface area contributed by atoms with E-state index in [2.05, 4.69) is 11.0 Å². The highest BCUT2D eigenvalue weighted by molar-refractivity contribution is 5.44. The van der Waals surface area contributed by atoms with Gasteiger partial charge in [-0.15, -0.1) is 0 Å². The van der Waals surface area contributed by atoms with Crippen molar-refractivity contribution in [2.75, 3.05) is 21.3 Å². The first-order valence-electron chi connectivity index (χ1n) is 7.54. The zero-order chi connectivity index (χ0) is 15.2. The molecule has 1 aliphatic carbocycles. The molecular weight excluding hydrogens is 264 g/mol. The molecule has 1 aromatic carbocycles. The summed E-state index contributed by atoms with van der Waals surface area (Å²) in [7, 11) is 5.32. The van der Waals surface area contributed by atoms with Gasteiger partial charge in [0.25, 0.3) is 0 Å². The summed E-state index contributed by atoms with van der Waals surface area (Å²) in [5, 5.41) is 9.68. The molecule has 1 fully saturated rings. The largest absolute Gasteiger partial charge is 0.497 e. The molecule has 0 amide bonds. The van der Waals surface area contributed by atoms with Crippen LogP contribution in [0.2, 0.25) is 0 Å². The third-order valence-corrected chi connectivity index (χ3v) is 4.41. The van der Waals surface area contributed by atoms with Crippen molar-refractivity contribution < 1.29 is 9.47 Å². The van der Waals surface area contributed by atoms with Crippen LogP contribution in [0.4, 0.5) is 0 Å². The lowest BCUT2D eigenvalue weighted by Crippen LogP contribution is -2.36. The third kappa shape index (κ3) is 3.48. The maximum Gasteiger partial charge on any atom is 0.127 e. The predicted octanol–water partition coefficient (Wildman–Crippen LogP) is 3.53. The molecule has 0 aliphatic heterocycles. The number of hydrogen-bond acceptors (Lipinski definition) is 4. The normalized spacial score (nSPS) is 17.3. The fraction of sp³-hybridized carbons (Fsp3) is 0.588. The van der Waals surface area contributed by atoms with Crippen molar-refractivity contribution in [3.63, 3.8) is 0 Å². The first kappa shape index (κ1) is 15.7. The Kier molecular flexibility index (Phi) is 5.46. The number of rotatable bonds is 5. The van der Waals surface area contributed by atoms with Crippen molar-refractivity contribution in [1.82, 2.24) is 4.90 Å². The Morgan fingerprint density at radius 1 is 1.19 bits per heavy atom. The molecule has 0 saturated heterocycles. The van der Waals surface area contributed by atoms with Crippen LogP contribution in [0.15, 0.2) is 18.2 Å². The summed E-state index contributed by atoms with van der Waals surface area (Å²) in [6.45, 7) is 0. The molecule has 0 N–H and O–H groups in total. The van der Waals surface area contributed by atoms with E-state index in [1.54, 1.807) is 14.2 Å². The van der Waals surface area contributed by atoms with E-state index in [9.17, 15) is 5.26 Å². The quantitative estimate of drug-likeness (QED) is 0.831. The van der Waals surface area contributed by atoms with E-state index in [-0.39, 0.29) is 6.04 Å². The van der Waals surface area contributed by atoms with Crippen molar-refractivity contribution in [3.05, 3.63) is 23.8 Å². The maximum atomic E-state index is 9.68. The van der Waals surface area contributed by atoms with Crippen molar-refractivity contribution in [1.29, 1.82) is 5.26 Å². The zero-order valence-corrected chi connectivity index (χ0v) is 13.1. The summed E-state index contributed by atoms with van der Waals surface area (Å²) in [5.41, 5.74) is 0.882. The van der Waals surface area contributed by atoms with Gasteiger partial charge in [-0.25, -0.2) is 0 Å². The predicted molar refractivity (Wildman–Crippen MR) is 82.5 cm³/mol. The second-order valence-corrected chi connectivity index (χ2v) is 5.60. The lowest BCUT2D eigenvalue weighted by Gasteiger charge is -2.34. The van der Waals surface area contributed by atoms with Gasteiger partial charge in [0.05, 0.1) is 20.3 Å². The smallest absolute Gasteiger partial charge is 0.127 e. The second-order valence-electron chi connectivity index (χ2n) is 5.60. The van der Waals surface area contributed by atoms with Gasteiger partial charge in [-0.3, -0.25) is 4.90 Å². The van der Waals surface area contributed by atoms with Gasteiger partial charge in [-0.2, -0.15) is 5.26 Å². The van der Waals surface area contributed by atoms with Gasteiger partial charge in [-0.1, -0.05) is 19.3 Å². The Labute approximate surface area is 127 Å². The Morgan fingerprint density at radius 3 is 2.48 bits per heavy atom. The molecule has 0 bridgehead atoms. The van der Waals surface area contributed by atoms with Crippen LogP contribution in [-0.2, 0) is 0 Å². The van der Waals surface area contributed by atoms with Crippen LogP contribution < -0.4 is 9.47 Å². The van der Waals surface area contributed by atoms with E-state index >= 15 is 0 Å². The standard InChI is InChI=1S/C17H24N2O2/c1-19(13-7-5-4-6-8-13)16(12-18)15-11-14(20-2)9-10-17(15)21-3/h9-11,13,16H,4-8H2,1-3H3. The Morgan fingerprint density at radius 2 is 1.90 bits per heavy atom. The number of hydrogen-bond donors (Lipinski definition) is 0. The van der Waals surface area contributed by atoms with Gasteiger partial charge in [-0.05, 0) is 38.1 Å². The van der Waals surface area contributed by atoms with Crippen molar-refractivity contribution in [2.24, 2.45) is 0 Å². The molecule has 2 rings (SSSR count). The molecule has 1 aromatic rings. The van der Waals surface area contributed by atoms with Crippen LogP contribution in [0.5, 0.6) is 11.5 Å². The van der Waals surface area contributed by atoms with Crippen LogP contribution >= 0.6 is 0 Å². The molecule has 1 saturated carbocycles. The second kappa shape index (κ2) is 7.33. The molecule has 4 nitrogen and oxygen atoms in total. The monoisotopic (exact) mass is 288 g/mol. The van der Waals surface area contributed by atoms with Crippen LogP contribution in [0.25, 0.3) is 0 Å².